The largest absolute Gasteiger partial charge is 0.395 e. The first-order valence-corrected chi connectivity index (χ1v) is 5.42. The number of hydrogen-bond acceptors (Lipinski definition) is 4. The number of oxime groups is 1. The van der Waals surface area contributed by atoms with Crippen molar-refractivity contribution in [2.45, 2.75) is 32.6 Å². The number of nitrogens with two attached hydrogens (primary N) is 1. The van der Waals surface area contributed by atoms with Gasteiger partial charge in [-0.25, -0.2) is 0 Å². The van der Waals surface area contributed by atoms with E-state index in [-0.39, 0.29) is 5.52 Å². The molecule has 0 bridgehead atoms. The Morgan fingerprint density at radius 2 is 2.00 bits per heavy atom. The van der Waals surface area contributed by atoms with E-state index in [1.54, 1.807) is 6.92 Å². The van der Waals surface area contributed by atoms with Crippen LogP contribution < -0.4 is 5.73 Å². The Labute approximate surface area is 87.5 Å². The van der Waals surface area contributed by atoms with E-state index in [1.165, 1.54) is 0 Å². The topological polar surface area (TPSA) is 64.7 Å². The van der Waals surface area contributed by atoms with Gasteiger partial charge in [-0.1, -0.05) is 20.8 Å². The summed E-state index contributed by atoms with van der Waals surface area (Å²) < 4.78 is 0. The van der Waals surface area contributed by atoms with Crippen molar-refractivity contribution >= 4 is 20.5 Å². The quantitative estimate of drug-likeness (QED) is 0.289. The lowest BCUT2D eigenvalue weighted by Crippen LogP contribution is -2.02. The summed E-state index contributed by atoms with van der Waals surface area (Å²) >= 11 is 0. The summed E-state index contributed by atoms with van der Waals surface area (Å²) in [5, 5.41) is 3.66. The molecule has 82 valence electrons. The summed E-state index contributed by atoms with van der Waals surface area (Å²) in [6, 6.07) is 0. The van der Waals surface area contributed by atoms with Gasteiger partial charge in [0, 0.05) is 0 Å². The van der Waals surface area contributed by atoms with E-state index in [4.69, 9.17) is 10.6 Å². The van der Waals surface area contributed by atoms with Crippen LogP contribution in [0.4, 0.5) is 0 Å². The van der Waals surface area contributed by atoms with E-state index in [1.807, 2.05) is 0 Å². The fourth-order valence-corrected chi connectivity index (χ4v) is 0.905. The average molecular weight is 218 g/mol. The molecule has 0 heterocycles. The number of carbonyl (C=O) groups is 1. The highest BCUT2D eigenvalue weighted by Gasteiger charge is 1.97. The maximum atomic E-state index is 10.7. The van der Waals surface area contributed by atoms with Gasteiger partial charge in [-0.3, -0.25) is 4.79 Å². The van der Waals surface area contributed by atoms with Crippen molar-refractivity contribution in [3.8, 4) is 0 Å². The van der Waals surface area contributed by atoms with Crippen LogP contribution in [0.5, 0.6) is 0 Å². The van der Waals surface area contributed by atoms with Gasteiger partial charge in [0.25, 0.3) is 0 Å². The third-order valence-corrected chi connectivity index (χ3v) is 2.17. The molecule has 14 heavy (non-hydrogen) atoms. The second-order valence-corrected chi connectivity index (χ2v) is 3.60. The SMILES string of the molecule is C/C(=N\OCCCCCCN)C(=O)P. The Balaban J connectivity index is 3.29. The normalized spacial score (nSPS) is 11.5. The zero-order valence-corrected chi connectivity index (χ0v) is 9.82. The molecule has 0 saturated carbocycles. The minimum atomic E-state index is -0.131. The number of nitrogens with zero attached hydrogens (tertiary/aromatic N) is 1. The van der Waals surface area contributed by atoms with E-state index < -0.39 is 0 Å². The maximum Gasteiger partial charge on any atom is 0.195 e. The van der Waals surface area contributed by atoms with Crippen LogP contribution in [0.25, 0.3) is 0 Å². The molecule has 1 atom stereocenters. The fourth-order valence-electron chi connectivity index (χ4n) is 0.852. The van der Waals surface area contributed by atoms with Crippen molar-refractivity contribution in [3.05, 3.63) is 0 Å². The fraction of sp³-hybridized carbons (Fsp3) is 0.778. The highest BCUT2D eigenvalue weighted by atomic mass is 31.0. The molecule has 0 amide bonds. The first-order chi connectivity index (χ1) is 6.68. The number of unbranched alkanes of at least 4 members (excludes halogenated alkanes) is 3. The maximum absolute atomic E-state index is 10.7. The molecule has 0 rings (SSSR count). The zero-order valence-electron chi connectivity index (χ0n) is 8.66. The van der Waals surface area contributed by atoms with Crippen molar-refractivity contribution in [2.75, 3.05) is 13.2 Å². The standard InChI is InChI=1S/C9H19N2O2P/c1-8(9(12)14)11-13-7-5-3-2-4-6-10/h2-7,10,14H2,1H3/b11-8+. The molecule has 2 N–H and O–H groups in total. The summed E-state index contributed by atoms with van der Waals surface area (Å²) in [5.41, 5.74) is 5.60. The second-order valence-electron chi connectivity index (χ2n) is 3.08. The van der Waals surface area contributed by atoms with Gasteiger partial charge >= 0.3 is 0 Å². The number of rotatable bonds is 8. The highest BCUT2D eigenvalue weighted by molar-refractivity contribution is 7.45. The highest BCUT2D eigenvalue weighted by Crippen LogP contribution is 1.99. The van der Waals surface area contributed by atoms with Crippen LogP contribution >= 0.6 is 9.24 Å². The third-order valence-electron chi connectivity index (χ3n) is 1.75. The van der Waals surface area contributed by atoms with E-state index in [9.17, 15) is 4.79 Å². The van der Waals surface area contributed by atoms with Gasteiger partial charge in [-0.05, 0) is 32.7 Å². The molecule has 0 aromatic heterocycles. The Morgan fingerprint density at radius 3 is 2.57 bits per heavy atom. The molecule has 0 saturated heterocycles. The summed E-state index contributed by atoms with van der Waals surface area (Å²) in [5.74, 6) is 0. The summed E-state index contributed by atoms with van der Waals surface area (Å²) in [6.07, 6.45) is 4.25. The molecule has 0 aliphatic rings. The smallest absolute Gasteiger partial charge is 0.195 e. The molecule has 0 fully saturated rings. The summed E-state index contributed by atoms with van der Waals surface area (Å²) in [7, 11) is 2.06. The molecule has 5 heteroatoms. The van der Waals surface area contributed by atoms with Crippen molar-refractivity contribution in [1.29, 1.82) is 0 Å². The van der Waals surface area contributed by atoms with Crippen LogP contribution in [-0.4, -0.2) is 24.4 Å². The van der Waals surface area contributed by atoms with Crippen molar-refractivity contribution in [3.63, 3.8) is 0 Å². The van der Waals surface area contributed by atoms with Crippen LogP contribution in [0.1, 0.15) is 32.6 Å². The van der Waals surface area contributed by atoms with Crippen molar-refractivity contribution in [2.24, 2.45) is 10.9 Å². The van der Waals surface area contributed by atoms with Crippen LogP contribution in [-0.2, 0) is 9.63 Å². The number of hydrogen-bond donors (Lipinski definition) is 1. The average Bonchev–Trinajstić information content (AvgIpc) is 2.16. The first-order valence-electron chi connectivity index (χ1n) is 4.85. The van der Waals surface area contributed by atoms with Gasteiger partial charge in [-0.2, -0.15) is 0 Å². The van der Waals surface area contributed by atoms with Crippen LogP contribution in [0.15, 0.2) is 5.16 Å². The van der Waals surface area contributed by atoms with E-state index in [2.05, 4.69) is 14.4 Å². The lowest BCUT2D eigenvalue weighted by atomic mass is 10.2. The molecule has 0 aromatic rings. The predicted molar refractivity (Wildman–Crippen MR) is 61.3 cm³/mol. The minimum Gasteiger partial charge on any atom is -0.395 e. The molecular weight excluding hydrogens is 199 g/mol. The molecule has 4 nitrogen and oxygen atoms in total. The van der Waals surface area contributed by atoms with E-state index in [0.717, 1.165) is 32.2 Å². The van der Waals surface area contributed by atoms with Gasteiger partial charge in [0.1, 0.15) is 12.3 Å². The molecule has 0 aliphatic carbocycles. The molecule has 0 aliphatic heterocycles. The van der Waals surface area contributed by atoms with Crippen molar-refractivity contribution < 1.29 is 9.63 Å². The minimum absolute atomic E-state index is 0.131. The summed E-state index contributed by atoms with van der Waals surface area (Å²) in [6.45, 7) is 2.95. The molecular formula is C9H19N2O2P. The first kappa shape index (κ1) is 13.5. The van der Waals surface area contributed by atoms with Gasteiger partial charge in [0.15, 0.2) is 5.52 Å². The van der Waals surface area contributed by atoms with Crippen LogP contribution in [0, 0.1) is 0 Å². The summed E-state index contributed by atoms with van der Waals surface area (Å²) in [4.78, 5) is 15.6. The Hall–Kier alpha value is -0.470. The van der Waals surface area contributed by atoms with Gasteiger partial charge in [0.2, 0.25) is 0 Å². The zero-order chi connectivity index (χ0) is 10.8. The molecule has 1 unspecified atom stereocenters. The van der Waals surface area contributed by atoms with E-state index >= 15 is 0 Å². The Bertz CT molecular complexity index is 195. The lowest BCUT2D eigenvalue weighted by Gasteiger charge is -2.00. The van der Waals surface area contributed by atoms with Crippen LogP contribution in [0.3, 0.4) is 0 Å². The Morgan fingerprint density at radius 1 is 1.36 bits per heavy atom. The molecule has 0 radical (unpaired) electrons. The van der Waals surface area contributed by atoms with Gasteiger partial charge in [-0.15, -0.1) is 0 Å². The Kier molecular flexibility index (Phi) is 8.79. The third kappa shape index (κ3) is 8.14. The molecule has 0 aromatic carbocycles. The lowest BCUT2D eigenvalue weighted by molar-refractivity contribution is -0.105. The monoisotopic (exact) mass is 218 g/mol. The van der Waals surface area contributed by atoms with Crippen molar-refractivity contribution in [1.82, 2.24) is 0 Å². The second kappa shape index (κ2) is 9.10. The predicted octanol–water partition coefficient (Wildman–Crippen LogP) is 1.30. The van der Waals surface area contributed by atoms with Gasteiger partial charge in [0.05, 0.1) is 0 Å². The molecule has 0 spiro atoms. The van der Waals surface area contributed by atoms with Crippen LogP contribution in [0.2, 0.25) is 0 Å². The number of carbonyl (C=O) groups excluding carboxylic acids is 1. The van der Waals surface area contributed by atoms with E-state index in [0.29, 0.717) is 12.3 Å². The van der Waals surface area contributed by atoms with Gasteiger partial charge < -0.3 is 10.6 Å².